The molecule has 1 heterocycles. The van der Waals surface area contributed by atoms with E-state index < -0.39 is 29.1 Å². The van der Waals surface area contributed by atoms with Crippen molar-refractivity contribution in [3.05, 3.63) is 35.4 Å². The summed E-state index contributed by atoms with van der Waals surface area (Å²) in [5, 5.41) is 2.46. The van der Waals surface area contributed by atoms with Crippen LogP contribution in [-0.4, -0.2) is 48.4 Å². The average molecular weight is 396 g/mol. The van der Waals surface area contributed by atoms with Crippen LogP contribution in [0.15, 0.2) is 18.2 Å². The van der Waals surface area contributed by atoms with Gasteiger partial charge in [-0.1, -0.05) is 19.9 Å². The van der Waals surface area contributed by atoms with Gasteiger partial charge in [-0.3, -0.25) is 14.4 Å². The lowest BCUT2D eigenvalue weighted by Crippen LogP contribution is -2.53. The Labute approximate surface area is 163 Å². The van der Waals surface area contributed by atoms with Gasteiger partial charge in [0.25, 0.3) is 5.91 Å². The minimum Gasteiger partial charge on any atom is -0.466 e. The summed E-state index contributed by atoms with van der Waals surface area (Å²) in [6.45, 7) is 6.25. The molecule has 8 heteroatoms. The highest BCUT2D eigenvalue weighted by Crippen LogP contribution is 2.21. The van der Waals surface area contributed by atoms with Gasteiger partial charge in [-0.25, -0.2) is 8.78 Å². The second-order valence-electron chi connectivity index (χ2n) is 7.14. The van der Waals surface area contributed by atoms with Gasteiger partial charge in [-0.2, -0.15) is 0 Å². The highest BCUT2D eigenvalue weighted by Gasteiger charge is 2.34. The number of esters is 1. The Balaban J connectivity index is 2.05. The molecule has 1 unspecified atom stereocenters. The number of amides is 2. The van der Waals surface area contributed by atoms with Crippen LogP contribution >= 0.6 is 0 Å². The first kappa shape index (κ1) is 21.8. The van der Waals surface area contributed by atoms with Gasteiger partial charge in [0, 0.05) is 13.1 Å². The fraction of sp³-hybridized carbons (Fsp3) is 0.550. The number of nitrogens with one attached hydrogen (secondary N) is 1. The molecule has 1 atom stereocenters. The van der Waals surface area contributed by atoms with Gasteiger partial charge in [0.1, 0.15) is 23.2 Å². The van der Waals surface area contributed by atoms with Gasteiger partial charge in [-0.05, 0) is 37.8 Å². The first-order chi connectivity index (χ1) is 13.3. The zero-order chi connectivity index (χ0) is 20.8. The van der Waals surface area contributed by atoms with Crippen LogP contribution in [0.5, 0.6) is 0 Å². The van der Waals surface area contributed by atoms with E-state index in [4.69, 9.17) is 4.74 Å². The summed E-state index contributed by atoms with van der Waals surface area (Å²) in [6.07, 6.45) is 0.955. The van der Waals surface area contributed by atoms with E-state index in [1.54, 1.807) is 25.7 Å². The molecule has 1 aromatic carbocycles. The normalized spacial score (nSPS) is 16.0. The Hall–Kier alpha value is -2.51. The Morgan fingerprint density at radius 3 is 2.25 bits per heavy atom. The van der Waals surface area contributed by atoms with Crippen molar-refractivity contribution in [2.45, 2.75) is 39.7 Å². The number of piperidine rings is 1. The molecule has 1 saturated heterocycles. The highest BCUT2D eigenvalue weighted by atomic mass is 19.1. The number of carbonyl (C=O) groups excluding carboxylic acids is 3. The van der Waals surface area contributed by atoms with E-state index in [1.165, 1.54) is 6.07 Å². The molecule has 1 aromatic rings. The number of carbonyl (C=O) groups is 3. The van der Waals surface area contributed by atoms with Crippen LogP contribution in [0, 0.1) is 23.5 Å². The number of likely N-dealkylation sites (tertiary alicyclic amines) is 1. The molecule has 0 spiro atoms. The van der Waals surface area contributed by atoms with Gasteiger partial charge in [0.15, 0.2) is 0 Å². The lowest BCUT2D eigenvalue weighted by atomic mass is 9.95. The van der Waals surface area contributed by atoms with E-state index >= 15 is 0 Å². The van der Waals surface area contributed by atoms with E-state index in [0.717, 1.165) is 12.1 Å². The molecular weight excluding hydrogens is 370 g/mol. The number of benzene rings is 1. The zero-order valence-electron chi connectivity index (χ0n) is 16.3. The molecule has 6 nitrogen and oxygen atoms in total. The summed E-state index contributed by atoms with van der Waals surface area (Å²) in [4.78, 5) is 38.7. The zero-order valence-corrected chi connectivity index (χ0v) is 16.3. The molecule has 1 N–H and O–H groups in total. The summed E-state index contributed by atoms with van der Waals surface area (Å²) in [5.74, 6) is -4.06. The topological polar surface area (TPSA) is 75.7 Å². The molecule has 2 amide bonds. The van der Waals surface area contributed by atoms with Crippen molar-refractivity contribution in [2.24, 2.45) is 11.8 Å². The minimum absolute atomic E-state index is 0.247. The number of rotatable bonds is 6. The van der Waals surface area contributed by atoms with E-state index in [-0.39, 0.29) is 23.7 Å². The Morgan fingerprint density at radius 1 is 1.18 bits per heavy atom. The summed E-state index contributed by atoms with van der Waals surface area (Å²) in [5.41, 5.74) is -0.707. The predicted octanol–water partition coefficient (Wildman–Crippen LogP) is 2.52. The molecule has 0 radical (unpaired) electrons. The maximum absolute atomic E-state index is 13.8. The van der Waals surface area contributed by atoms with Crippen molar-refractivity contribution in [1.82, 2.24) is 10.2 Å². The third kappa shape index (κ3) is 5.05. The van der Waals surface area contributed by atoms with Crippen LogP contribution in [0.1, 0.15) is 44.0 Å². The number of nitrogens with zero attached hydrogens (tertiary/aromatic N) is 1. The Kier molecular flexibility index (Phi) is 7.48. The van der Waals surface area contributed by atoms with Crippen molar-refractivity contribution in [2.75, 3.05) is 19.7 Å². The fourth-order valence-corrected chi connectivity index (χ4v) is 3.23. The number of hydrogen-bond acceptors (Lipinski definition) is 4. The second kappa shape index (κ2) is 9.61. The average Bonchev–Trinajstić information content (AvgIpc) is 2.65. The SMILES string of the molecule is CCOC(=O)C1CCN(C(=O)C(NC(=O)c2c(F)cccc2F)C(C)C)CC1. The van der Waals surface area contributed by atoms with Crippen molar-refractivity contribution in [1.29, 1.82) is 0 Å². The van der Waals surface area contributed by atoms with Gasteiger partial charge < -0.3 is 15.0 Å². The molecule has 0 aromatic heterocycles. The predicted molar refractivity (Wildman–Crippen MR) is 98.4 cm³/mol. The van der Waals surface area contributed by atoms with E-state index in [9.17, 15) is 23.2 Å². The molecular formula is C20H26F2N2O4. The Morgan fingerprint density at radius 2 is 1.75 bits per heavy atom. The van der Waals surface area contributed by atoms with Gasteiger partial charge in [0.05, 0.1) is 12.5 Å². The van der Waals surface area contributed by atoms with Gasteiger partial charge in [-0.15, -0.1) is 0 Å². The summed E-state index contributed by atoms with van der Waals surface area (Å²) in [6, 6.07) is 2.22. The maximum Gasteiger partial charge on any atom is 0.309 e. The third-order valence-corrected chi connectivity index (χ3v) is 4.84. The molecule has 154 valence electrons. The van der Waals surface area contributed by atoms with Gasteiger partial charge >= 0.3 is 5.97 Å². The Bertz CT molecular complexity index is 711. The monoisotopic (exact) mass is 396 g/mol. The molecule has 0 bridgehead atoms. The van der Waals surface area contributed by atoms with Crippen LogP contribution in [0.3, 0.4) is 0 Å². The quantitative estimate of drug-likeness (QED) is 0.750. The molecule has 1 aliphatic rings. The molecule has 2 rings (SSSR count). The summed E-state index contributed by atoms with van der Waals surface area (Å²) >= 11 is 0. The second-order valence-corrected chi connectivity index (χ2v) is 7.14. The molecule has 1 aliphatic heterocycles. The van der Waals surface area contributed by atoms with Crippen LogP contribution in [0.2, 0.25) is 0 Å². The standard InChI is InChI=1S/C20H26F2N2O4/c1-4-28-20(27)13-8-10-24(11-9-13)19(26)17(12(2)3)23-18(25)16-14(21)6-5-7-15(16)22/h5-7,12-13,17H,4,8-11H2,1-3H3,(H,23,25). The molecule has 28 heavy (non-hydrogen) atoms. The van der Waals surface area contributed by atoms with E-state index in [1.807, 2.05) is 0 Å². The smallest absolute Gasteiger partial charge is 0.309 e. The third-order valence-electron chi connectivity index (χ3n) is 4.84. The lowest BCUT2D eigenvalue weighted by molar-refractivity contribution is -0.151. The number of hydrogen-bond donors (Lipinski definition) is 1. The molecule has 1 fully saturated rings. The highest BCUT2D eigenvalue weighted by molar-refractivity contribution is 5.98. The van der Waals surface area contributed by atoms with Crippen molar-refractivity contribution in [3.8, 4) is 0 Å². The van der Waals surface area contributed by atoms with Crippen LogP contribution in [0.4, 0.5) is 8.78 Å². The summed E-state index contributed by atoms with van der Waals surface area (Å²) in [7, 11) is 0. The van der Waals surface area contributed by atoms with Crippen LogP contribution in [0.25, 0.3) is 0 Å². The first-order valence-corrected chi connectivity index (χ1v) is 9.46. The largest absolute Gasteiger partial charge is 0.466 e. The minimum atomic E-state index is -0.984. The van der Waals surface area contributed by atoms with E-state index in [2.05, 4.69) is 5.32 Å². The van der Waals surface area contributed by atoms with Crippen LogP contribution < -0.4 is 5.32 Å². The maximum atomic E-state index is 13.8. The molecule has 0 aliphatic carbocycles. The molecule has 0 saturated carbocycles. The van der Waals surface area contributed by atoms with Crippen molar-refractivity contribution >= 4 is 17.8 Å². The first-order valence-electron chi connectivity index (χ1n) is 9.46. The number of ether oxygens (including phenoxy) is 1. The lowest BCUT2D eigenvalue weighted by Gasteiger charge is -2.34. The van der Waals surface area contributed by atoms with Crippen molar-refractivity contribution < 1.29 is 27.9 Å². The van der Waals surface area contributed by atoms with Gasteiger partial charge in [0.2, 0.25) is 5.91 Å². The van der Waals surface area contributed by atoms with Crippen LogP contribution in [-0.2, 0) is 14.3 Å². The van der Waals surface area contributed by atoms with E-state index in [0.29, 0.717) is 32.5 Å². The number of halogens is 2. The van der Waals surface area contributed by atoms with Crippen molar-refractivity contribution in [3.63, 3.8) is 0 Å². The fourth-order valence-electron chi connectivity index (χ4n) is 3.23. The summed E-state index contributed by atoms with van der Waals surface area (Å²) < 4.78 is 32.7.